The summed E-state index contributed by atoms with van der Waals surface area (Å²) >= 11 is 0. The van der Waals surface area contributed by atoms with Gasteiger partial charge >= 0.3 is 0 Å². The van der Waals surface area contributed by atoms with Gasteiger partial charge in [-0.3, -0.25) is 0 Å². The van der Waals surface area contributed by atoms with Gasteiger partial charge in [0.05, 0.1) is 0 Å². The molecule has 8 rings (SSSR count). The number of ether oxygens (including phenoxy) is 2. The second kappa shape index (κ2) is 14.7. The molecule has 51 heavy (non-hydrogen) atoms. The lowest BCUT2D eigenvalue weighted by Gasteiger charge is -2.37. The van der Waals surface area contributed by atoms with Crippen molar-refractivity contribution in [1.29, 1.82) is 0 Å². The molecule has 4 aromatic rings. The monoisotopic (exact) mass is 664 g/mol. The zero-order valence-electron chi connectivity index (χ0n) is 29.5. The lowest BCUT2D eigenvalue weighted by molar-refractivity contribution is 0.201. The molecular weight excluding hydrogens is 621 g/mol. The molecule has 0 bridgehead atoms. The van der Waals surface area contributed by atoms with E-state index in [0.717, 1.165) is 54.1 Å². The Morgan fingerprint density at radius 1 is 0.529 bits per heavy atom. The fraction of sp³-hybridized carbons (Fsp3) is 0.184. The Kier molecular flexibility index (Phi) is 9.40. The highest BCUT2D eigenvalue weighted by Crippen LogP contribution is 2.46. The van der Waals surface area contributed by atoms with Gasteiger partial charge in [-0.1, -0.05) is 166 Å². The van der Waals surface area contributed by atoms with Gasteiger partial charge in [0.1, 0.15) is 23.4 Å². The fourth-order valence-corrected chi connectivity index (χ4v) is 7.94. The number of hydrogen-bond acceptors (Lipinski definition) is 2. The Labute approximate surface area is 302 Å². The molecule has 2 heterocycles. The summed E-state index contributed by atoms with van der Waals surface area (Å²) in [5, 5.41) is 0. The molecule has 3 unspecified atom stereocenters. The van der Waals surface area contributed by atoms with Crippen LogP contribution in [0.25, 0.3) is 22.7 Å². The van der Waals surface area contributed by atoms with E-state index in [1.165, 1.54) is 44.6 Å². The highest BCUT2D eigenvalue weighted by Gasteiger charge is 2.35. The maximum atomic E-state index is 6.85. The highest BCUT2D eigenvalue weighted by atomic mass is 16.5. The summed E-state index contributed by atoms with van der Waals surface area (Å²) in [5.41, 5.74) is 12.5. The van der Waals surface area contributed by atoms with Gasteiger partial charge in [-0.2, -0.15) is 0 Å². The molecule has 1 fully saturated rings. The quantitative estimate of drug-likeness (QED) is 0.183. The minimum absolute atomic E-state index is 0.0719. The SMILES string of the molecule is CC1CC(/C=C/C=C/C=C2/CC(C)CC3=C(c4ccccc4)C=C(c4ccccc4)OC32)=C2OC(c3ccccc3)=CC(c3ccccc3)=C2C1. The van der Waals surface area contributed by atoms with Crippen LogP contribution in [0.3, 0.4) is 0 Å². The Morgan fingerprint density at radius 2 is 1.08 bits per heavy atom. The standard InChI is InChI=1S/C49H44O2/c1-34-28-40(48-44(30-34)42(36-18-8-3-9-19-36)32-46(50-48)38-22-12-5-13-23-38)26-16-7-17-27-41-29-35(2)31-45-43(37-20-10-4-11-21-37)33-47(51-49(41)45)39-24-14-6-15-25-39/h3-27,32-35,48H,28-31H2,1-2H3/b16-7+,27-17+,40-26-. The minimum atomic E-state index is -0.0719. The predicted octanol–water partition coefficient (Wildman–Crippen LogP) is 12.6. The summed E-state index contributed by atoms with van der Waals surface area (Å²) < 4.78 is 13.6. The smallest absolute Gasteiger partial charge is 0.142 e. The van der Waals surface area contributed by atoms with Gasteiger partial charge in [0.25, 0.3) is 0 Å². The molecule has 0 spiro atoms. The molecule has 2 aliphatic heterocycles. The largest absolute Gasteiger partial charge is 0.481 e. The van der Waals surface area contributed by atoms with Crippen molar-refractivity contribution in [2.45, 2.75) is 45.6 Å². The first-order valence-corrected chi connectivity index (χ1v) is 18.3. The van der Waals surface area contributed by atoms with Crippen LogP contribution in [-0.4, -0.2) is 6.10 Å². The van der Waals surface area contributed by atoms with E-state index in [1.54, 1.807) is 0 Å². The molecule has 0 saturated heterocycles. The van der Waals surface area contributed by atoms with Crippen molar-refractivity contribution < 1.29 is 9.47 Å². The van der Waals surface area contributed by atoms with Crippen molar-refractivity contribution >= 4 is 22.7 Å². The summed E-state index contributed by atoms with van der Waals surface area (Å²) in [4.78, 5) is 0. The van der Waals surface area contributed by atoms with E-state index in [1.807, 2.05) is 0 Å². The molecule has 1 saturated carbocycles. The highest BCUT2D eigenvalue weighted by molar-refractivity contribution is 5.89. The van der Waals surface area contributed by atoms with Gasteiger partial charge in [-0.15, -0.1) is 0 Å². The Hall–Kier alpha value is -5.60. The molecule has 4 aliphatic rings. The molecule has 0 aromatic heterocycles. The van der Waals surface area contributed by atoms with E-state index in [2.05, 4.69) is 178 Å². The molecule has 0 radical (unpaired) electrons. The maximum Gasteiger partial charge on any atom is 0.142 e. The number of fused-ring (bicyclic) bond motifs is 2. The zero-order valence-corrected chi connectivity index (χ0v) is 29.5. The van der Waals surface area contributed by atoms with Gasteiger partial charge in [-0.25, -0.2) is 0 Å². The van der Waals surface area contributed by atoms with Gasteiger partial charge < -0.3 is 9.47 Å². The van der Waals surface area contributed by atoms with Gasteiger partial charge in [0.2, 0.25) is 0 Å². The normalized spacial score (nSPS) is 22.8. The zero-order chi connectivity index (χ0) is 34.6. The van der Waals surface area contributed by atoms with Crippen LogP contribution in [0.1, 0.15) is 61.8 Å². The first kappa shape index (κ1) is 32.6. The molecule has 3 atom stereocenters. The Morgan fingerprint density at radius 3 is 1.73 bits per heavy atom. The van der Waals surface area contributed by atoms with E-state index in [4.69, 9.17) is 9.47 Å². The fourth-order valence-electron chi connectivity index (χ4n) is 7.94. The van der Waals surface area contributed by atoms with Crippen molar-refractivity contribution in [1.82, 2.24) is 0 Å². The van der Waals surface area contributed by atoms with Crippen LogP contribution in [-0.2, 0) is 9.47 Å². The summed E-state index contributed by atoms with van der Waals surface area (Å²) in [5.74, 6) is 3.90. The number of benzene rings is 4. The topological polar surface area (TPSA) is 18.5 Å². The van der Waals surface area contributed by atoms with Crippen molar-refractivity contribution in [2.24, 2.45) is 11.8 Å². The molecule has 4 aromatic carbocycles. The number of hydrogen-bond donors (Lipinski definition) is 0. The van der Waals surface area contributed by atoms with Crippen LogP contribution in [0.4, 0.5) is 0 Å². The third-order valence-corrected chi connectivity index (χ3v) is 10.3. The molecule has 252 valence electrons. The van der Waals surface area contributed by atoms with Crippen LogP contribution >= 0.6 is 0 Å². The van der Waals surface area contributed by atoms with E-state index in [0.29, 0.717) is 11.8 Å². The molecule has 2 nitrogen and oxygen atoms in total. The van der Waals surface area contributed by atoms with Crippen LogP contribution < -0.4 is 0 Å². The lowest BCUT2D eigenvalue weighted by atomic mass is 9.76. The first-order valence-electron chi connectivity index (χ1n) is 18.3. The van der Waals surface area contributed by atoms with E-state index in [-0.39, 0.29) is 6.10 Å². The minimum Gasteiger partial charge on any atom is -0.481 e. The molecular formula is C49H44O2. The van der Waals surface area contributed by atoms with Gasteiger partial charge in [-0.05, 0) is 88.7 Å². The molecule has 0 N–H and O–H groups in total. The third kappa shape index (κ3) is 7.05. The third-order valence-electron chi connectivity index (χ3n) is 10.3. The van der Waals surface area contributed by atoms with E-state index < -0.39 is 0 Å². The second-order valence-corrected chi connectivity index (χ2v) is 14.3. The van der Waals surface area contributed by atoms with Crippen molar-refractivity contribution in [2.75, 3.05) is 0 Å². The number of rotatable bonds is 7. The lowest BCUT2D eigenvalue weighted by Crippen LogP contribution is -2.29. The summed E-state index contributed by atoms with van der Waals surface area (Å²) in [6, 6.07) is 42.5. The average molecular weight is 665 g/mol. The summed E-state index contributed by atoms with van der Waals surface area (Å²) in [6.07, 6.45) is 19.5. The summed E-state index contributed by atoms with van der Waals surface area (Å²) in [7, 11) is 0. The maximum absolute atomic E-state index is 6.85. The Balaban J connectivity index is 1.11. The van der Waals surface area contributed by atoms with Crippen LogP contribution in [0, 0.1) is 11.8 Å². The van der Waals surface area contributed by atoms with Crippen molar-refractivity contribution in [3.8, 4) is 0 Å². The molecule has 2 heteroatoms. The number of allylic oxidation sites excluding steroid dienone is 11. The van der Waals surface area contributed by atoms with Crippen molar-refractivity contribution in [3.63, 3.8) is 0 Å². The van der Waals surface area contributed by atoms with E-state index in [9.17, 15) is 0 Å². The van der Waals surface area contributed by atoms with Crippen LogP contribution in [0.2, 0.25) is 0 Å². The van der Waals surface area contributed by atoms with Gasteiger partial charge in [0, 0.05) is 16.7 Å². The molecule has 2 aliphatic carbocycles. The van der Waals surface area contributed by atoms with Crippen molar-refractivity contribution in [3.05, 3.63) is 214 Å². The average Bonchev–Trinajstić information content (AvgIpc) is 3.18. The predicted molar refractivity (Wildman–Crippen MR) is 212 cm³/mol. The molecule has 0 amide bonds. The van der Waals surface area contributed by atoms with Crippen LogP contribution in [0.5, 0.6) is 0 Å². The summed E-state index contributed by atoms with van der Waals surface area (Å²) in [6.45, 7) is 4.70. The first-order chi connectivity index (χ1) is 25.1. The van der Waals surface area contributed by atoms with Gasteiger partial charge in [0.15, 0.2) is 0 Å². The Bertz CT molecular complexity index is 2140. The second-order valence-electron chi connectivity index (χ2n) is 14.3. The van der Waals surface area contributed by atoms with Crippen LogP contribution in [0.15, 0.2) is 192 Å². The van der Waals surface area contributed by atoms with E-state index >= 15 is 0 Å².